The summed E-state index contributed by atoms with van der Waals surface area (Å²) in [6, 6.07) is 10.7. The summed E-state index contributed by atoms with van der Waals surface area (Å²) in [5, 5.41) is 0. The molecule has 0 N–H and O–H groups in total. The highest BCUT2D eigenvalue weighted by molar-refractivity contribution is 7.90. The zero-order chi connectivity index (χ0) is 20.0. The molecule has 2 aliphatic rings. The van der Waals surface area contributed by atoms with Gasteiger partial charge in [0, 0.05) is 0 Å². The minimum absolute atomic E-state index is 0.0471. The van der Waals surface area contributed by atoms with Gasteiger partial charge < -0.3 is 0 Å². The van der Waals surface area contributed by atoms with Gasteiger partial charge in [-0.15, -0.1) is 0 Å². The quantitative estimate of drug-likeness (QED) is 0.667. The van der Waals surface area contributed by atoms with Crippen LogP contribution in [0.5, 0.6) is 0 Å². The summed E-state index contributed by atoms with van der Waals surface area (Å²) in [5.74, 6) is -0.266. The number of hydrogen-bond acceptors (Lipinski definition) is 4. The van der Waals surface area contributed by atoms with Crippen molar-refractivity contribution in [3.05, 3.63) is 69.8 Å². The molecule has 2 aromatic rings. The van der Waals surface area contributed by atoms with Crippen LogP contribution in [0, 0.1) is 6.92 Å². The molecule has 4 rings (SSSR count). The van der Waals surface area contributed by atoms with Crippen LogP contribution in [-0.4, -0.2) is 16.8 Å². The fraction of sp³-hybridized carbons (Fsp3) is 0.429. The summed E-state index contributed by atoms with van der Waals surface area (Å²) in [6.07, 6.45) is 0. The molecule has 6 heteroatoms. The van der Waals surface area contributed by atoms with Crippen LogP contribution in [0.15, 0.2) is 36.4 Å². The largest absolute Gasteiger partial charge is 0.228 e. The second kappa shape index (κ2) is 6.74. The van der Waals surface area contributed by atoms with Crippen molar-refractivity contribution in [3.8, 4) is 0 Å². The minimum Gasteiger partial charge on any atom is -0.228 e. The lowest BCUT2D eigenvalue weighted by molar-refractivity contribution is 0.584. The highest BCUT2D eigenvalue weighted by Gasteiger charge is 2.24. The van der Waals surface area contributed by atoms with E-state index in [1.807, 2.05) is 39.8 Å². The van der Waals surface area contributed by atoms with Crippen LogP contribution in [0.4, 0.5) is 0 Å². The third-order valence-corrected chi connectivity index (χ3v) is 8.08. The molecule has 2 aliphatic heterocycles. The maximum Gasteiger partial charge on any atom is 0.158 e. The van der Waals surface area contributed by atoms with Crippen molar-refractivity contribution in [2.75, 3.05) is 0 Å². The number of sulfone groups is 2. The summed E-state index contributed by atoms with van der Waals surface area (Å²) in [7, 11) is -6.74. The van der Waals surface area contributed by atoms with Crippen molar-refractivity contribution in [3.63, 3.8) is 0 Å². The molecule has 0 aromatic heterocycles. The number of rotatable bonds is 0. The fourth-order valence-corrected chi connectivity index (χ4v) is 6.54. The van der Waals surface area contributed by atoms with Gasteiger partial charge in [0.1, 0.15) is 0 Å². The molecule has 0 radical (unpaired) electrons. The SMILES string of the molecule is Cc1c2cc(C(C)(C)C)cc1CS(=O)(=O)Cc1ccc(cc1)CS(=O)(=O)C2. The zero-order valence-electron chi connectivity index (χ0n) is 16.2. The molecule has 0 fully saturated rings. The second-order valence-corrected chi connectivity index (χ2v) is 12.7. The first-order valence-corrected chi connectivity index (χ1v) is 12.6. The maximum absolute atomic E-state index is 12.8. The van der Waals surface area contributed by atoms with E-state index in [-0.39, 0.29) is 28.4 Å². The van der Waals surface area contributed by atoms with Crippen LogP contribution in [0.25, 0.3) is 0 Å². The Hall–Kier alpha value is -1.66. The van der Waals surface area contributed by atoms with E-state index in [0.717, 1.165) is 11.1 Å². The predicted molar refractivity (Wildman–Crippen MR) is 109 cm³/mol. The number of fused-ring (bicyclic) bond motifs is 6. The molecule has 2 aromatic carbocycles. The molecule has 4 bridgehead atoms. The Bertz CT molecular complexity index is 994. The molecule has 0 aliphatic carbocycles. The van der Waals surface area contributed by atoms with Gasteiger partial charge in [-0.3, -0.25) is 0 Å². The van der Waals surface area contributed by atoms with Crippen LogP contribution in [0.3, 0.4) is 0 Å². The van der Waals surface area contributed by atoms with Crippen molar-refractivity contribution in [1.82, 2.24) is 0 Å². The van der Waals surface area contributed by atoms with E-state index in [2.05, 4.69) is 0 Å². The van der Waals surface area contributed by atoms with Gasteiger partial charge in [0.05, 0.1) is 23.0 Å². The van der Waals surface area contributed by atoms with Crippen LogP contribution in [0.2, 0.25) is 0 Å². The molecule has 0 atom stereocenters. The Balaban J connectivity index is 2.23. The summed E-state index contributed by atoms with van der Waals surface area (Å²) in [4.78, 5) is 0. The zero-order valence-corrected chi connectivity index (χ0v) is 17.9. The molecule has 0 saturated heterocycles. The van der Waals surface area contributed by atoms with Crippen molar-refractivity contribution < 1.29 is 16.8 Å². The molecule has 0 spiro atoms. The van der Waals surface area contributed by atoms with Gasteiger partial charge in [0.2, 0.25) is 0 Å². The first kappa shape index (κ1) is 20.1. The first-order valence-electron chi connectivity index (χ1n) is 8.96. The van der Waals surface area contributed by atoms with Crippen molar-refractivity contribution in [2.45, 2.75) is 56.1 Å². The van der Waals surface area contributed by atoms with Gasteiger partial charge in [-0.1, -0.05) is 57.2 Å². The Morgan fingerprint density at radius 2 is 1.07 bits per heavy atom. The van der Waals surface area contributed by atoms with Gasteiger partial charge >= 0.3 is 0 Å². The molecule has 4 nitrogen and oxygen atoms in total. The van der Waals surface area contributed by atoms with Gasteiger partial charge in [-0.2, -0.15) is 0 Å². The normalized spacial score (nSPS) is 19.0. The molecule has 0 unspecified atom stereocenters. The van der Waals surface area contributed by atoms with Gasteiger partial charge in [-0.05, 0) is 45.7 Å². The number of hydrogen-bond donors (Lipinski definition) is 0. The topological polar surface area (TPSA) is 68.3 Å². The predicted octanol–water partition coefficient (Wildman–Crippen LogP) is 3.84. The van der Waals surface area contributed by atoms with E-state index in [4.69, 9.17) is 0 Å². The summed E-state index contributed by atoms with van der Waals surface area (Å²) in [5.41, 5.74) is 4.27. The average Bonchev–Trinajstić information content (AvgIpc) is 2.50. The van der Waals surface area contributed by atoms with Gasteiger partial charge in [0.25, 0.3) is 0 Å². The summed E-state index contributed by atoms with van der Waals surface area (Å²) >= 11 is 0. The van der Waals surface area contributed by atoms with Gasteiger partial charge in [0.15, 0.2) is 19.7 Å². The molecule has 0 saturated carbocycles. The van der Waals surface area contributed by atoms with Crippen LogP contribution >= 0.6 is 0 Å². The van der Waals surface area contributed by atoms with E-state index in [1.165, 1.54) is 0 Å². The standard InChI is InChI=1S/C21H26O4S2/c1-15-18-9-20(21(2,3)4)10-19(15)14-27(24,25)12-17-6-5-16(7-8-17)11-26(22,23)13-18/h5-10H,11-14H2,1-4H3. The lowest BCUT2D eigenvalue weighted by Crippen LogP contribution is -2.16. The van der Waals surface area contributed by atoms with Crippen LogP contribution < -0.4 is 0 Å². The maximum atomic E-state index is 12.8. The molecule has 27 heavy (non-hydrogen) atoms. The Labute approximate surface area is 162 Å². The molecular formula is C21H26O4S2. The Morgan fingerprint density at radius 1 is 0.704 bits per heavy atom. The second-order valence-electron chi connectivity index (χ2n) is 8.55. The van der Waals surface area contributed by atoms with Crippen molar-refractivity contribution in [2.24, 2.45) is 0 Å². The van der Waals surface area contributed by atoms with E-state index in [1.54, 1.807) is 24.3 Å². The number of benzene rings is 2. The molecule has 2 heterocycles. The van der Waals surface area contributed by atoms with Crippen LogP contribution in [0.1, 0.15) is 54.2 Å². The molecule has 146 valence electrons. The monoisotopic (exact) mass is 406 g/mol. The highest BCUT2D eigenvalue weighted by Crippen LogP contribution is 2.30. The van der Waals surface area contributed by atoms with Crippen molar-refractivity contribution in [1.29, 1.82) is 0 Å². The lowest BCUT2D eigenvalue weighted by atomic mass is 9.84. The van der Waals surface area contributed by atoms with E-state index in [0.29, 0.717) is 22.3 Å². The lowest BCUT2D eigenvalue weighted by Gasteiger charge is -2.23. The summed E-state index contributed by atoms with van der Waals surface area (Å²) in [6.45, 7) is 7.96. The Morgan fingerprint density at radius 3 is 1.41 bits per heavy atom. The minimum atomic E-state index is -3.37. The average molecular weight is 407 g/mol. The van der Waals surface area contributed by atoms with E-state index >= 15 is 0 Å². The molecular weight excluding hydrogens is 380 g/mol. The fourth-order valence-electron chi connectivity index (χ4n) is 3.39. The Kier molecular flexibility index (Phi) is 5.02. The van der Waals surface area contributed by atoms with E-state index in [9.17, 15) is 16.8 Å². The van der Waals surface area contributed by atoms with Crippen LogP contribution in [-0.2, 0) is 48.1 Å². The smallest absolute Gasteiger partial charge is 0.158 e. The van der Waals surface area contributed by atoms with E-state index < -0.39 is 19.7 Å². The van der Waals surface area contributed by atoms with Crippen molar-refractivity contribution >= 4 is 19.7 Å². The van der Waals surface area contributed by atoms with Gasteiger partial charge in [-0.25, -0.2) is 16.8 Å². The first-order chi connectivity index (χ1) is 12.3. The molecule has 0 amide bonds. The summed E-state index contributed by atoms with van der Waals surface area (Å²) < 4.78 is 51.2. The highest BCUT2D eigenvalue weighted by atomic mass is 32.2. The third-order valence-electron chi connectivity index (χ3n) is 5.04. The third kappa shape index (κ3) is 4.79.